The Morgan fingerprint density at radius 3 is 2.28 bits per heavy atom. The molecule has 8 heteroatoms. The van der Waals surface area contributed by atoms with Crippen molar-refractivity contribution in [2.45, 2.75) is 20.1 Å². The first-order valence-electron chi connectivity index (χ1n) is 9.24. The summed E-state index contributed by atoms with van der Waals surface area (Å²) in [5, 5.41) is 4.52. The highest BCUT2D eigenvalue weighted by atomic mass is 32.1. The molecular weight excluding hydrogens is 390 g/mol. The van der Waals surface area contributed by atoms with Crippen molar-refractivity contribution in [2.75, 3.05) is 27.9 Å². The van der Waals surface area contributed by atoms with Crippen molar-refractivity contribution in [3.63, 3.8) is 0 Å². The third-order valence-corrected chi connectivity index (χ3v) is 4.56. The molecule has 0 saturated heterocycles. The zero-order valence-corrected chi connectivity index (χ0v) is 17.9. The van der Waals surface area contributed by atoms with Gasteiger partial charge in [0.2, 0.25) is 5.89 Å². The molecule has 0 amide bonds. The summed E-state index contributed by atoms with van der Waals surface area (Å²) in [6.07, 6.45) is 0. The van der Waals surface area contributed by atoms with Crippen molar-refractivity contribution in [3.8, 4) is 28.7 Å². The van der Waals surface area contributed by atoms with Crippen molar-refractivity contribution in [1.82, 2.24) is 14.7 Å². The Bertz CT molecular complexity index is 976. The van der Waals surface area contributed by atoms with Gasteiger partial charge in [-0.1, -0.05) is 12.1 Å². The molecule has 0 aliphatic rings. The van der Waals surface area contributed by atoms with Crippen LogP contribution in [-0.2, 0) is 13.2 Å². The van der Waals surface area contributed by atoms with E-state index in [-0.39, 0.29) is 0 Å². The van der Waals surface area contributed by atoms with Gasteiger partial charge in [-0.05, 0) is 56.0 Å². The van der Waals surface area contributed by atoms with Gasteiger partial charge in [0.25, 0.3) is 4.84 Å². The molecule has 0 aliphatic carbocycles. The van der Waals surface area contributed by atoms with Crippen LogP contribution in [0.2, 0.25) is 0 Å². The van der Waals surface area contributed by atoms with Gasteiger partial charge in [0.15, 0.2) is 0 Å². The molecule has 0 unspecified atom stereocenters. The van der Waals surface area contributed by atoms with Gasteiger partial charge < -0.3 is 18.6 Å². The summed E-state index contributed by atoms with van der Waals surface area (Å²) in [6, 6.07) is 13.5. The molecule has 0 spiro atoms. The van der Waals surface area contributed by atoms with E-state index in [9.17, 15) is 0 Å². The van der Waals surface area contributed by atoms with Crippen LogP contribution in [0.15, 0.2) is 46.9 Å². The van der Waals surface area contributed by atoms with Crippen LogP contribution in [0.3, 0.4) is 0 Å². The lowest BCUT2D eigenvalue weighted by molar-refractivity contribution is 0.240. The van der Waals surface area contributed by atoms with Gasteiger partial charge in [-0.2, -0.15) is 0 Å². The largest absolute Gasteiger partial charge is 0.497 e. The Balaban J connectivity index is 1.72. The minimum atomic E-state index is 0.306. The lowest BCUT2D eigenvalue weighted by Crippen LogP contribution is -2.22. The Hall–Kier alpha value is -2.84. The number of hydrogen-bond donors (Lipinski definition) is 0. The summed E-state index contributed by atoms with van der Waals surface area (Å²) in [4.78, 5) is 2.41. The second kappa shape index (κ2) is 9.58. The van der Waals surface area contributed by atoms with Gasteiger partial charge in [-0.25, -0.2) is 4.68 Å². The number of methoxy groups -OCH3 is 2. The van der Waals surface area contributed by atoms with Gasteiger partial charge in [0.05, 0.1) is 27.5 Å². The normalized spacial score (nSPS) is 10.9. The first-order chi connectivity index (χ1) is 14.0. The van der Waals surface area contributed by atoms with E-state index in [1.165, 1.54) is 5.56 Å². The summed E-state index contributed by atoms with van der Waals surface area (Å²) in [5.74, 6) is 2.60. The summed E-state index contributed by atoms with van der Waals surface area (Å²) < 4.78 is 23.5. The molecule has 0 atom stereocenters. The number of benzene rings is 2. The SMILES string of the molecule is CCOc1ccc(CN(C)Cn2nc(-c3cc(OC)cc(OC)c3)oc2=S)cc1. The minimum absolute atomic E-state index is 0.306. The number of nitrogens with zero attached hydrogens (tertiary/aromatic N) is 3. The van der Waals surface area contributed by atoms with E-state index in [2.05, 4.69) is 22.1 Å². The molecule has 3 aromatic rings. The zero-order chi connectivity index (χ0) is 20.8. The lowest BCUT2D eigenvalue weighted by Gasteiger charge is -2.16. The molecule has 0 bridgehead atoms. The highest BCUT2D eigenvalue weighted by Crippen LogP contribution is 2.29. The molecule has 1 aromatic heterocycles. The molecule has 0 aliphatic heterocycles. The minimum Gasteiger partial charge on any atom is -0.497 e. The van der Waals surface area contributed by atoms with E-state index in [1.807, 2.05) is 38.2 Å². The molecule has 154 valence electrons. The topological polar surface area (TPSA) is 61.9 Å². The molecule has 0 saturated carbocycles. The number of aromatic nitrogens is 2. The Labute approximate surface area is 175 Å². The zero-order valence-electron chi connectivity index (χ0n) is 17.0. The average Bonchev–Trinajstić information content (AvgIpc) is 3.09. The number of hydrogen-bond acceptors (Lipinski definition) is 7. The van der Waals surface area contributed by atoms with Crippen LogP contribution < -0.4 is 14.2 Å². The standard InChI is InChI=1S/C21H25N3O4S/c1-5-27-17-8-6-15(7-9-17)13-23(2)14-24-21(29)28-20(22-24)16-10-18(25-3)12-19(11-16)26-4/h6-12H,5,13-14H2,1-4H3. The van der Waals surface area contributed by atoms with Crippen molar-refractivity contribution >= 4 is 12.2 Å². The van der Waals surface area contributed by atoms with Crippen molar-refractivity contribution in [1.29, 1.82) is 0 Å². The van der Waals surface area contributed by atoms with Crippen LogP contribution in [0.5, 0.6) is 17.2 Å². The highest BCUT2D eigenvalue weighted by molar-refractivity contribution is 7.71. The fraction of sp³-hybridized carbons (Fsp3) is 0.333. The van der Waals surface area contributed by atoms with Crippen molar-refractivity contribution < 1.29 is 18.6 Å². The van der Waals surface area contributed by atoms with E-state index >= 15 is 0 Å². The van der Waals surface area contributed by atoms with Gasteiger partial charge in [0.1, 0.15) is 17.2 Å². The number of ether oxygens (including phenoxy) is 3. The smallest absolute Gasteiger partial charge is 0.288 e. The van der Waals surface area contributed by atoms with Crippen LogP contribution in [0.1, 0.15) is 12.5 Å². The Morgan fingerprint density at radius 1 is 1.03 bits per heavy atom. The monoisotopic (exact) mass is 415 g/mol. The quantitative estimate of drug-likeness (QED) is 0.481. The summed E-state index contributed by atoms with van der Waals surface area (Å²) >= 11 is 5.35. The van der Waals surface area contributed by atoms with Crippen molar-refractivity contribution in [3.05, 3.63) is 52.9 Å². The molecular formula is C21H25N3O4S. The molecule has 0 fully saturated rings. The second-order valence-electron chi connectivity index (χ2n) is 6.51. The predicted octanol–water partition coefficient (Wildman–Crippen LogP) is 4.38. The Morgan fingerprint density at radius 2 is 1.69 bits per heavy atom. The van der Waals surface area contributed by atoms with Crippen LogP contribution in [0, 0.1) is 4.84 Å². The lowest BCUT2D eigenvalue weighted by atomic mass is 10.2. The predicted molar refractivity (Wildman–Crippen MR) is 113 cm³/mol. The van der Waals surface area contributed by atoms with E-state index in [0.29, 0.717) is 35.5 Å². The summed E-state index contributed by atoms with van der Waals surface area (Å²) in [5.41, 5.74) is 1.91. The van der Waals surface area contributed by atoms with Gasteiger partial charge in [-0.15, -0.1) is 5.10 Å². The third kappa shape index (κ3) is 5.36. The molecule has 3 rings (SSSR count). The van der Waals surface area contributed by atoms with Crippen LogP contribution in [0.25, 0.3) is 11.5 Å². The molecule has 2 aromatic carbocycles. The van der Waals surface area contributed by atoms with Crippen LogP contribution in [-0.4, -0.2) is 42.6 Å². The summed E-state index contributed by atoms with van der Waals surface area (Å²) in [6.45, 7) is 3.87. The fourth-order valence-corrected chi connectivity index (χ4v) is 3.07. The summed E-state index contributed by atoms with van der Waals surface area (Å²) in [7, 11) is 5.20. The van der Waals surface area contributed by atoms with E-state index in [1.54, 1.807) is 25.0 Å². The maximum atomic E-state index is 5.71. The second-order valence-corrected chi connectivity index (χ2v) is 6.86. The number of rotatable bonds is 9. The molecule has 7 nitrogen and oxygen atoms in total. The molecule has 0 N–H and O–H groups in total. The van der Waals surface area contributed by atoms with Crippen LogP contribution >= 0.6 is 12.2 Å². The molecule has 29 heavy (non-hydrogen) atoms. The van der Waals surface area contributed by atoms with E-state index in [0.717, 1.165) is 17.9 Å². The molecule has 0 radical (unpaired) electrons. The maximum Gasteiger partial charge on any atom is 0.288 e. The maximum absolute atomic E-state index is 5.71. The van der Waals surface area contributed by atoms with E-state index in [4.69, 9.17) is 30.8 Å². The van der Waals surface area contributed by atoms with Crippen molar-refractivity contribution in [2.24, 2.45) is 0 Å². The first kappa shape index (κ1) is 20.9. The van der Waals surface area contributed by atoms with Crippen LogP contribution in [0.4, 0.5) is 0 Å². The highest BCUT2D eigenvalue weighted by Gasteiger charge is 2.13. The van der Waals surface area contributed by atoms with Gasteiger partial charge >= 0.3 is 0 Å². The Kier molecular flexibility index (Phi) is 6.90. The first-order valence-corrected chi connectivity index (χ1v) is 9.65. The average molecular weight is 416 g/mol. The molecule has 1 heterocycles. The third-order valence-electron chi connectivity index (χ3n) is 4.27. The van der Waals surface area contributed by atoms with E-state index < -0.39 is 0 Å². The fourth-order valence-electron chi connectivity index (χ4n) is 2.89. The van der Waals surface area contributed by atoms with Gasteiger partial charge in [0, 0.05) is 18.2 Å². The van der Waals surface area contributed by atoms with Gasteiger partial charge in [-0.3, -0.25) is 4.90 Å².